The minimum atomic E-state index is 1.24. The molecule has 0 aliphatic rings. The fourth-order valence-corrected chi connectivity index (χ4v) is 0.977. The lowest BCUT2D eigenvalue weighted by molar-refractivity contribution is 1.71. The van der Waals surface area contributed by atoms with Crippen molar-refractivity contribution in [2.75, 3.05) is 6.26 Å². The van der Waals surface area contributed by atoms with E-state index in [4.69, 9.17) is 0 Å². The first-order valence-electron chi connectivity index (χ1n) is 2.84. The first kappa shape index (κ1) is 8.57. The number of thioether (sulfide) groups is 1. The van der Waals surface area contributed by atoms with Crippen LogP contribution in [0, 0.1) is 0 Å². The summed E-state index contributed by atoms with van der Waals surface area (Å²) in [5, 5.41) is 0. The maximum atomic E-state index is 3.61. The van der Waals surface area contributed by atoms with Gasteiger partial charge in [-0.1, -0.05) is 24.8 Å². The van der Waals surface area contributed by atoms with Crippen molar-refractivity contribution in [2.45, 2.75) is 6.92 Å². The topological polar surface area (TPSA) is 0 Å². The second-order valence-electron chi connectivity index (χ2n) is 1.51. The number of hydrogen-bond acceptors (Lipinski definition) is 1. The van der Waals surface area contributed by atoms with Gasteiger partial charge in [-0.3, -0.25) is 0 Å². The van der Waals surface area contributed by atoms with Crippen LogP contribution in [0.1, 0.15) is 6.92 Å². The Balaban J connectivity index is 3.96. The zero-order valence-corrected chi connectivity index (χ0v) is 6.74. The zero-order chi connectivity index (χ0) is 7.11. The van der Waals surface area contributed by atoms with Crippen molar-refractivity contribution in [3.63, 3.8) is 0 Å². The van der Waals surface area contributed by atoms with Gasteiger partial charge in [0.15, 0.2) is 0 Å². The molecule has 0 saturated carbocycles. The van der Waals surface area contributed by atoms with E-state index in [1.807, 2.05) is 19.1 Å². The van der Waals surface area contributed by atoms with E-state index in [2.05, 4.69) is 18.9 Å². The van der Waals surface area contributed by atoms with E-state index < -0.39 is 0 Å². The Kier molecular flexibility index (Phi) is 5.43. The summed E-state index contributed by atoms with van der Waals surface area (Å²) in [7, 11) is 0. The van der Waals surface area contributed by atoms with Crippen LogP contribution in [-0.4, -0.2) is 6.26 Å². The van der Waals surface area contributed by atoms with Crippen LogP contribution in [0.2, 0.25) is 0 Å². The molecule has 9 heavy (non-hydrogen) atoms. The van der Waals surface area contributed by atoms with Gasteiger partial charge in [-0.15, -0.1) is 11.8 Å². The predicted octanol–water partition coefficient (Wildman–Crippen LogP) is 3.00. The quantitative estimate of drug-likeness (QED) is 0.543. The van der Waals surface area contributed by atoms with E-state index in [0.717, 1.165) is 0 Å². The molecule has 0 aliphatic carbocycles. The van der Waals surface area contributed by atoms with E-state index >= 15 is 0 Å². The van der Waals surface area contributed by atoms with E-state index in [0.29, 0.717) is 0 Å². The second-order valence-corrected chi connectivity index (χ2v) is 2.39. The fourth-order valence-electron chi connectivity index (χ4n) is 0.472. The number of allylic oxidation sites excluding steroid dienone is 4. The molecule has 0 atom stereocenters. The summed E-state index contributed by atoms with van der Waals surface area (Å²) in [4.78, 5) is 1.24. The monoisotopic (exact) mass is 140 g/mol. The SMILES string of the molecule is C=C/C=C(/C=C/C)SC. The molecule has 0 spiro atoms. The standard InChI is InChI=1S/C8H12S/c1-4-6-8(9-3)7-5-2/h4-7H,1H2,2-3H3/b7-5+,8-6-. The predicted molar refractivity (Wildman–Crippen MR) is 46.6 cm³/mol. The van der Waals surface area contributed by atoms with Crippen molar-refractivity contribution in [1.29, 1.82) is 0 Å². The highest BCUT2D eigenvalue weighted by atomic mass is 32.2. The molecule has 0 N–H and O–H groups in total. The second kappa shape index (κ2) is 5.70. The van der Waals surface area contributed by atoms with Crippen LogP contribution < -0.4 is 0 Å². The molecule has 0 amide bonds. The van der Waals surface area contributed by atoms with E-state index in [9.17, 15) is 0 Å². The zero-order valence-electron chi connectivity index (χ0n) is 5.92. The maximum absolute atomic E-state index is 3.61. The normalized spacial score (nSPS) is 12.4. The maximum Gasteiger partial charge on any atom is 0.00656 e. The molecule has 1 heteroatoms. The van der Waals surface area contributed by atoms with Crippen LogP contribution in [0.3, 0.4) is 0 Å². The Morgan fingerprint density at radius 2 is 2.22 bits per heavy atom. The van der Waals surface area contributed by atoms with Crippen LogP contribution in [0.4, 0.5) is 0 Å². The van der Waals surface area contributed by atoms with Crippen molar-refractivity contribution in [2.24, 2.45) is 0 Å². The molecule has 0 aromatic carbocycles. The average Bonchev–Trinajstić information content (AvgIpc) is 1.88. The molecule has 0 fully saturated rings. The molecule has 0 aromatic rings. The Bertz CT molecular complexity index is 132. The smallest absolute Gasteiger partial charge is 0.00656 e. The summed E-state index contributed by atoms with van der Waals surface area (Å²) in [6, 6.07) is 0. The Labute approximate surface area is 61.3 Å². The van der Waals surface area contributed by atoms with Crippen LogP contribution in [0.25, 0.3) is 0 Å². The van der Waals surface area contributed by atoms with Gasteiger partial charge >= 0.3 is 0 Å². The lowest BCUT2D eigenvalue weighted by atomic mass is 10.4. The molecule has 0 aromatic heterocycles. The molecule has 50 valence electrons. The van der Waals surface area contributed by atoms with Gasteiger partial charge in [0.25, 0.3) is 0 Å². The van der Waals surface area contributed by atoms with Gasteiger partial charge in [0.05, 0.1) is 0 Å². The third kappa shape index (κ3) is 4.10. The minimum absolute atomic E-state index is 1.24. The Morgan fingerprint density at radius 3 is 2.56 bits per heavy atom. The van der Waals surface area contributed by atoms with Gasteiger partial charge in [0, 0.05) is 4.91 Å². The molecule has 0 rings (SSSR count). The Hall–Kier alpha value is -0.430. The lowest BCUT2D eigenvalue weighted by Crippen LogP contribution is -1.64. The first-order valence-corrected chi connectivity index (χ1v) is 4.07. The molecular formula is C8H12S. The molecule has 0 bridgehead atoms. The average molecular weight is 140 g/mol. The summed E-state index contributed by atoms with van der Waals surface area (Å²) in [6.45, 7) is 5.61. The third-order valence-corrected chi connectivity index (χ3v) is 1.59. The summed E-state index contributed by atoms with van der Waals surface area (Å²) >= 11 is 1.72. The molecule has 0 saturated heterocycles. The summed E-state index contributed by atoms with van der Waals surface area (Å²) < 4.78 is 0. The summed E-state index contributed by atoms with van der Waals surface area (Å²) in [5.74, 6) is 0. The van der Waals surface area contributed by atoms with Crippen LogP contribution in [0.5, 0.6) is 0 Å². The van der Waals surface area contributed by atoms with Crippen molar-refractivity contribution in [3.05, 3.63) is 35.8 Å². The van der Waals surface area contributed by atoms with Gasteiger partial charge in [-0.25, -0.2) is 0 Å². The molecule has 0 nitrogen and oxygen atoms in total. The van der Waals surface area contributed by atoms with Gasteiger partial charge < -0.3 is 0 Å². The molecule has 0 heterocycles. The molecule has 0 unspecified atom stereocenters. The third-order valence-electron chi connectivity index (χ3n) is 0.849. The van der Waals surface area contributed by atoms with E-state index in [1.54, 1.807) is 17.8 Å². The highest BCUT2D eigenvalue weighted by molar-refractivity contribution is 8.02. The van der Waals surface area contributed by atoms with E-state index in [-0.39, 0.29) is 0 Å². The van der Waals surface area contributed by atoms with Crippen LogP contribution in [0.15, 0.2) is 35.8 Å². The lowest BCUT2D eigenvalue weighted by Gasteiger charge is -1.90. The summed E-state index contributed by atoms with van der Waals surface area (Å²) in [6.07, 6.45) is 9.92. The first-order chi connectivity index (χ1) is 4.35. The molecule has 0 radical (unpaired) electrons. The molecule has 0 aliphatic heterocycles. The van der Waals surface area contributed by atoms with Crippen LogP contribution >= 0.6 is 11.8 Å². The van der Waals surface area contributed by atoms with Crippen molar-refractivity contribution in [3.8, 4) is 0 Å². The minimum Gasteiger partial charge on any atom is -0.130 e. The van der Waals surface area contributed by atoms with Gasteiger partial charge in [0.1, 0.15) is 0 Å². The molecular weight excluding hydrogens is 128 g/mol. The van der Waals surface area contributed by atoms with Gasteiger partial charge in [0.2, 0.25) is 0 Å². The van der Waals surface area contributed by atoms with Crippen molar-refractivity contribution < 1.29 is 0 Å². The van der Waals surface area contributed by atoms with E-state index in [1.165, 1.54) is 4.91 Å². The van der Waals surface area contributed by atoms with Crippen molar-refractivity contribution >= 4 is 11.8 Å². The highest BCUT2D eigenvalue weighted by Crippen LogP contribution is 2.11. The largest absolute Gasteiger partial charge is 0.130 e. The summed E-state index contributed by atoms with van der Waals surface area (Å²) in [5.41, 5.74) is 0. The van der Waals surface area contributed by atoms with Gasteiger partial charge in [-0.05, 0) is 19.3 Å². The Morgan fingerprint density at radius 1 is 1.56 bits per heavy atom. The number of hydrogen-bond donors (Lipinski definition) is 0. The van der Waals surface area contributed by atoms with Gasteiger partial charge in [-0.2, -0.15) is 0 Å². The van der Waals surface area contributed by atoms with Crippen LogP contribution in [-0.2, 0) is 0 Å². The highest BCUT2D eigenvalue weighted by Gasteiger charge is 1.81. The number of rotatable bonds is 3. The fraction of sp³-hybridized carbons (Fsp3) is 0.250. The van der Waals surface area contributed by atoms with Crippen molar-refractivity contribution in [1.82, 2.24) is 0 Å².